The van der Waals surface area contributed by atoms with Gasteiger partial charge in [0.15, 0.2) is 0 Å². The van der Waals surface area contributed by atoms with Gasteiger partial charge in [0.1, 0.15) is 0 Å². The predicted octanol–water partition coefficient (Wildman–Crippen LogP) is 1.87. The van der Waals surface area contributed by atoms with Gasteiger partial charge in [0.25, 0.3) is 0 Å². The number of hydrogen-bond donors (Lipinski definition) is 1. The van der Waals surface area contributed by atoms with E-state index in [0.717, 1.165) is 24.1 Å². The van der Waals surface area contributed by atoms with E-state index < -0.39 is 5.97 Å². The molecular formula is C13H14N2O3. The zero-order valence-corrected chi connectivity index (χ0v) is 10.1. The number of carboxylic acid groups (broad SMARTS) is 1. The Hall–Kier alpha value is -1.88. The van der Waals surface area contributed by atoms with Crippen LogP contribution in [0.25, 0.3) is 11.0 Å². The van der Waals surface area contributed by atoms with E-state index in [2.05, 4.69) is 11.9 Å². The van der Waals surface area contributed by atoms with Gasteiger partial charge in [0.05, 0.1) is 35.1 Å². The highest BCUT2D eigenvalue weighted by Gasteiger charge is 2.32. The van der Waals surface area contributed by atoms with Crippen LogP contribution in [0.1, 0.15) is 23.7 Å². The van der Waals surface area contributed by atoms with Gasteiger partial charge in [-0.25, -0.2) is 9.78 Å². The maximum atomic E-state index is 11.0. The van der Waals surface area contributed by atoms with E-state index >= 15 is 0 Å². The van der Waals surface area contributed by atoms with Gasteiger partial charge in [-0.2, -0.15) is 0 Å². The fourth-order valence-corrected chi connectivity index (χ4v) is 2.42. The van der Waals surface area contributed by atoms with Crippen LogP contribution in [0.5, 0.6) is 0 Å². The van der Waals surface area contributed by atoms with Crippen LogP contribution in [0.2, 0.25) is 0 Å². The summed E-state index contributed by atoms with van der Waals surface area (Å²) in [6.45, 7) is 3.47. The van der Waals surface area contributed by atoms with E-state index in [4.69, 9.17) is 9.84 Å². The van der Waals surface area contributed by atoms with Crippen molar-refractivity contribution in [1.29, 1.82) is 0 Å². The minimum atomic E-state index is -0.919. The summed E-state index contributed by atoms with van der Waals surface area (Å²) in [6.07, 6.45) is 2.68. The third kappa shape index (κ3) is 1.59. The lowest BCUT2D eigenvalue weighted by Crippen LogP contribution is -2.29. The Labute approximate surface area is 104 Å². The molecule has 2 heterocycles. The number of hydrogen-bond acceptors (Lipinski definition) is 3. The monoisotopic (exact) mass is 246 g/mol. The Balaban J connectivity index is 2.17. The molecule has 1 aromatic carbocycles. The lowest BCUT2D eigenvalue weighted by Gasteiger charge is -2.24. The largest absolute Gasteiger partial charge is 0.478 e. The summed E-state index contributed by atoms with van der Waals surface area (Å²) in [5.41, 5.74) is 1.81. The highest BCUT2D eigenvalue weighted by atomic mass is 16.5. The third-order valence-electron chi connectivity index (χ3n) is 3.57. The summed E-state index contributed by atoms with van der Waals surface area (Å²) in [6, 6.07) is 5.00. The molecule has 5 nitrogen and oxygen atoms in total. The molecule has 1 aliphatic rings. The first-order valence-corrected chi connectivity index (χ1v) is 5.89. The number of carboxylic acids is 1. The molecule has 5 heteroatoms. The fraction of sp³-hybridized carbons (Fsp3) is 0.385. The molecule has 1 unspecified atom stereocenters. The second-order valence-corrected chi connectivity index (χ2v) is 4.92. The molecule has 94 valence electrons. The van der Waals surface area contributed by atoms with Crippen LogP contribution in [0.15, 0.2) is 24.5 Å². The predicted molar refractivity (Wildman–Crippen MR) is 65.8 cm³/mol. The van der Waals surface area contributed by atoms with Crippen LogP contribution in [0, 0.1) is 0 Å². The number of nitrogens with zero attached hydrogens (tertiary/aromatic N) is 2. The summed E-state index contributed by atoms with van der Waals surface area (Å²) in [7, 11) is 0. The topological polar surface area (TPSA) is 64.4 Å². The van der Waals surface area contributed by atoms with Gasteiger partial charge in [-0.05, 0) is 31.5 Å². The van der Waals surface area contributed by atoms with Crippen LogP contribution in [-0.4, -0.2) is 33.8 Å². The molecule has 1 atom stereocenters. The van der Waals surface area contributed by atoms with Crippen molar-refractivity contribution in [2.75, 3.05) is 13.2 Å². The smallest absolute Gasteiger partial charge is 0.335 e. The summed E-state index contributed by atoms with van der Waals surface area (Å²) in [5.74, 6) is -0.919. The second kappa shape index (κ2) is 3.81. The molecule has 0 saturated carbocycles. The van der Waals surface area contributed by atoms with Crippen molar-refractivity contribution < 1.29 is 14.6 Å². The molecule has 1 N–H and O–H groups in total. The molecule has 0 amide bonds. The Morgan fingerprint density at radius 2 is 2.39 bits per heavy atom. The number of ether oxygens (including phenoxy) is 1. The van der Waals surface area contributed by atoms with Gasteiger partial charge in [-0.3, -0.25) is 0 Å². The Bertz CT molecular complexity index is 612. The Kier molecular flexibility index (Phi) is 2.38. The number of carbonyl (C=O) groups is 1. The minimum Gasteiger partial charge on any atom is -0.478 e. The van der Waals surface area contributed by atoms with E-state index in [9.17, 15) is 4.79 Å². The van der Waals surface area contributed by atoms with Gasteiger partial charge in [0.2, 0.25) is 0 Å². The van der Waals surface area contributed by atoms with E-state index in [1.165, 1.54) is 0 Å². The standard InChI is InChI=1S/C13H14N2O3/c1-13(4-5-18-7-13)15-8-14-10-3-2-9(12(16)17)6-11(10)15/h2-3,6,8H,4-5,7H2,1H3,(H,16,17). The lowest BCUT2D eigenvalue weighted by atomic mass is 10.0. The average Bonchev–Trinajstić information content (AvgIpc) is 2.94. The average molecular weight is 246 g/mol. The molecule has 1 saturated heterocycles. The van der Waals surface area contributed by atoms with Crippen molar-refractivity contribution in [1.82, 2.24) is 9.55 Å². The molecule has 1 aliphatic heterocycles. The van der Waals surface area contributed by atoms with Crippen molar-refractivity contribution in [2.45, 2.75) is 18.9 Å². The number of aromatic nitrogens is 2. The molecule has 2 aromatic rings. The van der Waals surface area contributed by atoms with Gasteiger partial charge in [0, 0.05) is 6.61 Å². The van der Waals surface area contributed by atoms with E-state index in [1.54, 1.807) is 24.5 Å². The van der Waals surface area contributed by atoms with Gasteiger partial charge in [-0.1, -0.05) is 0 Å². The number of imidazole rings is 1. The third-order valence-corrected chi connectivity index (χ3v) is 3.57. The van der Waals surface area contributed by atoms with Crippen LogP contribution in [0.4, 0.5) is 0 Å². The molecule has 3 rings (SSSR count). The fourth-order valence-electron chi connectivity index (χ4n) is 2.42. The molecule has 0 aliphatic carbocycles. The van der Waals surface area contributed by atoms with Crippen LogP contribution < -0.4 is 0 Å². The maximum Gasteiger partial charge on any atom is 0.335 e. The van der Waals surface area contributed by atoms with Gasteiger partial charge >= 0.3 is 5.97 Å². The van der Waals surface area contributed by atoms with E-state index in [0.29, 0.717) is 6.61 Å². The normalized spacial score (nSPS) is 23.6. The van der Waals surface area contributed by atoms with Gasteiger partial charge in [-0.15, -0.1) is 0 Å². The number of rotatable bonds is 2. The van der Waals surface area contributed by atoms with E-state index in [1.807, 2.05) is 4.57 Å². The molecule has 0 spiro atoms. The zero-order valence-electron chi connectivity index (χ0n) is 10.1. The number of aromatic carboxylic acids is 1. The first-order valence-electron chi connectivity index (χ1n) is 5.89. The highest BCUT2D eigenvalue weighted by Crippen LogP contribution is 2.30. The maximum absolute atomic E-state index is 11.0. The first kappa shape index (κ1) is 11.2. The molecule has 0 bridgehead atoms. The summed E-state index contributed by atoms with van der Waals surface area (Å²) in [5, 5.41) is 9.05. The molecular weight excluding hydrogens is 232 g/mol. The van der Waals surface area contributed by atoms with Gasteiger partial charge < -0.3 is 14.4 Å². The summed E-state index contributed by atoms with van der Waals surface area (Å²) >= 11 is 0. The van der Waals surface area contributed by atoms with E-state index in [-0.39, 0.29) is 11.1 Å². The number of fused-ring (bicyclic) bond motifs is 1. The highest BCUT2D eigenvalue weighted by molar-refractivity contribution is 5.92. The van der Waals surface area contributed by atoms with Crippen molar-refractivity contribution in [3.63, 3.8) is 0 Å². The zero-order chi connectivity index (χ0) is 12.8. The van der Waals surface area contributed by atoms with Crippen LogP contribution >= 0.6 is 0 Å². The van der Waals surface area contributed by atoms with Crippen molar-refractivity contribution in [3.05, 3.63) is 30.1 Å². The lowest BCUT2D eigenvalue weighted by molar-refractivity contribution is 0.0697. The van der Waals surface area contributed by atoms with Crippen LogP contribution in [-0.2, 0) is 10.3 Å². The minimum absolute atomic E-state index is 0.133. The quantitative estimate of drug-likeness (QED) is 0.878. The molecule has 1 aromatic heterocycles. The summed E-state index contributed by atoms with van der Waals surface area (Å²) < 4.78 is 7.48. The number of benzene rings is 1. The Morgan fingerprint density at radius 1 is 1.56 bits per heavy atom. The van der Waals surface area contributed by atoms with Crippen LogP contribution in [0.3, 0.4) is 0 Å². The molecule has 0 radical (unpaired) electrons. The first-order chi connectivity index (χ1) is 8.60. The summed E-state index contributed by atoms with van der Waals surface area (Å²) in [4.78, 5) is 15.3. The van der Waals surface area contributed by atoms with Crippen molar-refractivity contribution in [3.8, 4) is 0 Å². The Morgan fingerprint density at radius 3 is 3.06 bits per heavy atom. The molecule has 18 heavy (non-hydrogen) atoms. The molecule has 1 fully saturated rings. The van der Waals surface area contributed by atoms with Crippen molar-refractivity contribution >= 4 is 17.0 Å². The second-order valence-electron chi connectivity index (χ2n) is 4.92. The van der Waals surface area contributed by atoms with Crippen molar-refractivity contribution in [2.24, 2.45) is 0 Å². The SMILES string of the molecule is CC1(n2cnc3ccc(C(=O)O)cc32)CCOC1.